The van der Waals surface area contributed by atoms with Crippen molar-refractivity contribution in [1.29, 1.82) is 0 Å². The Labute approximate surface area is 57.4 Å². The fraction of sp³-hybridized carbons (Fsp3) is 1.00. The SMILES string of the molecule is CCOC(CC)C(C)N. The van der Waals surface area contributed by atoms with Gasteiger partial charge >= 0.3 is 0 Å². The van der Waals surface area contributed by atoms with Gasteiger partial charge in [0.15, 0.2) is 0 Å². The fourth-order valence-corrected chi connectivity index (χ4v) is 0.855. The van der Waals surface area contributed by atoms with Crippen LogP contribution in [0.4, 0.5) is 0 Å². The lowest BCUT2D eigenvalue weighted by molar-refractivity contribution is 0.0458. The van der Waals surface area contributed by atoms with Crippen LogP contribution in [-0.2, 0) is 4.74 Å². The van der Waals surface area contributed by atoms with E-state index in [1.54, 1.807) is 0 Å². The summed E-state index contributed by atoms with van der Waals surface area (Å²) in [6.07, 6.45) is 1.25. The molecule has 0 aromatic carbocycles. The van der Waals surface area contributed by atoms with E-state index in [4.69, 9.17) is 10.5 Å². The average Bonchev–Trinajstić information content (AvgIpc) is 1.82. The molecule has 56 valence electrons. The maximum Gasteiger partial charge on any atom is 0.0720 e. The van der Waals surface area contributed by atoms with Crippen LogP contribution in [0.25, 0.3) is 0 Å². The Hall–Kier alpha value is -0.0800. The van der Waals surface area contributed by atoms with E-state index in [1.807, 2.05) is 13.8 Å². The Bertz CT molecular complexity index is 63.9. The Kier molecular flexibility index (Phi) is 4.72. The van der Waals surface area contributed by atoms with Gasteiger partial charge in [-0.15, -0.1) is 0 Å². The van der Waals surface area contributed by atoms with Crippen LogP contribution in [0.15, 0.2) is 0 Å². The molecule has 2 N–H and O–H groups in total. The predicted octanol–water partition coefficient (Wildman–Crippen LogP) is 1.15. The molecule has 2 heteroatoms. The summed E-state index contributed by atoms with van der Waals surface area (Å²) in [6, 6.07) is 0.162. The molecular formula is C7H17NO. The van der Waals surface area contributed by atoms with E-state index in [1.165, 1.54) is 0 Å². The van der Waals surface area contributed by atoms with Gasteiger partial charge in [-0.25, -0.2) is 0 Å². The highest BCUT2D eigenvalue weighted by molar-refractivity contribution is 4.65. The summed E-state index contributed by atoms with van der Waals surface area (Å²) < 4.78 is 5.33. The predicted molar refractivity (Wildman–Crippen MR) is 39.4 cm³/mol. The van der Waals surface area contributed by atoms with Crippen LogP contribution in [0.3, 0.4) is 0 Å². The smallest absolute Gasteiger partial charge is 0.0720 e. The van der Waals surface area contributed by atoms with E-state index in [0.29, 0.717) is 0 Å². The molecule has 0 saturated carbocycles. The summed E-state index contributed by atoms with van der Waals surface area (Å²) in [5.74, 6) is 0. The van der Waals surface area contributed by atoms with E-state index in [9.17, 15) is 0 Å². The van der Waals surface area contributed by atoms with Gasteiger partial charge in [0.2, 0.25) is 0 Å². The summed E-state index contributed by atoms with van der Waals surface area (Å²) in [5.41, 5.74) is 5.61. The van der Waals surface area contributed by atoms with Crippen molar-refractivity contribution in [2.45, 2.75) is 39.3 Å². The first kappa shape index (κ1) is 8.92. The van der Waals surface area contributed by atoms with Crippen molar-refractivity contribution in [3.63, 3.8) is 0 Å². The fourth-order valence-electron chi connectivity index (χ4n) is 0.855. The molecule has 0 bridgehead atoms. The van der Waals surface area contributed by atoms with Crippen LogP contribution in [0.5, 0.6) is 0 Å². The molecule has 0 heterocycles. The van der Waals surface area contributed by atoms with Crippen molar-refractivity contribution in [3.8, 4) is 0 Å². The number of rotatable bonds is 4. The molecule has 0 spiro atoms. The molecule has 2 nitrogen and oxygen atoms in total. The second-order valence-electron chi connectivity index (χ2n) is 2.26. The molecule has 0 aromatic heterocycles. The second-order valence-corrected chi connectivity index (χ2v) is 2.26. The van der Waals surface area contributed by atoms with Gasteiger partial charge in [-0.2, -0.15) is 0 Å². The highest BCUT2D eigenvalue weighted by Crippen LogP contribution is 2.00. The van der Waals surface area contributed by atoms with Crippen LogP contribution in [-0.4, -0.2) is 18.8 Å². The average molecular weight is 131 g/mol. The summed E-state index contributed by atoms with van der Waals surface area (Å²) in [5, 5.41) is 0. The Morgan fingerprint density at radius 1 is 1.44 bits per heavy atom. The van der Waals surface area contributed by atoms with Crippen LogP contribution >= 0.6 is 0 Å². The van der Waals surface area contributed by atoms with Crippen molar-refractivity contribution in [2.24, 2.45) is 5.73 Å². The Morgan fingerprint density at radius 3 is 2.11 bits per heavy atom. The third-order valence-corrected chi connectivity index (χ3v) is 1.37. The summed E-state index contributed by atoms with van der Waals surface area (Å²) in [6.45, 7) is 6.82. The molecule has 0 rings (SSSR count). The summed E-state index contributed by atoms with van der Waals surface area (Å²) in [4.78, 5) is 0. The molecule has 0 aliphatic heterocycles. The maximum absolute atomic E-state index is 5.61. The van der Waals surface area contributed by atoms with E-state index < -0.39 is 0 Å². The first-order valence-electron chi connectivity index (χ1n) is 3.59. The second kappa shape index (κ2) is 4.77. The number of ether oxygens (including phenoxy) is 1. The Morgan fingerprint density at radius 2 is 2.00 bits per heavy atom. The largest absolute Gasteiger partial charge is 0.377 e. The normalized spacial score (nSPS) is 17.3. The van der Waals surface area contributed by atoms with Gasteiger partial charge in [0.1, 0.15) is 0 Å². The molecule has 0 saturated heterocycles. The van der Waals surface area contributed by atoms with Crippen molar-refractivity contribution in [2.75, 3.05) is 6.61 Å². The molecule has 0 amide bonds. The topological polar surface area (TPSA) is 35.2 Å². The minimum absolute atomic E-state index is 0.162. The quantitative estimate of drug-likeness (QED) is 0.621. The lowest BCUT2D eigenvalue weighted by Crippen LogP contribution is -2.33. The minimum atomic E-state index is 0.162. The molecule has 9 heavy (non-hydrogen) atoms. The molecule has 0 aromatic rings. The van der Waals surface area contributed by atoms with E-state index >= 15 is 0 Å². The molecule has 0 aliphatic carbocycles. The van der Waals surface area contributed by atoms with Crippen LogP contribution in [0.1, 0.15) is 27.2 Å². The van der Waals surface area contributed by atoms with Crippen molar-refractivity contribution >= 4 is 0 Å². The highest BCUT2D eigenvalue weighted by Gasteiger charge is 2.09. The number of hydrogen-bond acceptors (Lipinski definition) is 2. The molecule has 0 fully saturated rings. The van der Waals surface area contributed by atoms with Gasteiger partial charge in [-0.1, -0.05) is 6.92 Å². The zero-order chi connectivity index (χ0) is 7.28. The number of hydrogen-bond donors (Lipinski definition) is 1. The van der Waals surface area contributed by atoms with Crippen molar-refractivity contribution in [1.82, 2.24) is 0 Å². The highest BCUT2D eigenvalue weighted by atomic mass is 16.5. The zero-order valence-electron chi connectivity index (χ0n) is 6.55. The maximum atomic E-state index is 5.61. The molecule has 0 radical (unpaired) electrons. The number of nitrogens with two attached hydrogens (primary N) is 1. The van der Waals surface area contributed by atoms with Gasteiger partial charge < -0.3 is 10.5 Å². The van der Waals surface area contributed by atoms with E-state index in [0.717, 1.165) is 13.0 Å². The first-order chi connectivity index (χ1) is 4.22. The van der Waals surface area contributed by atoms with Gasteiger partial charge in [0.25, 0.3) is 0 Å². The summed E-state index contributed by atoms with van der Waals surface area (Å²) in [7, 11) is 0. The van der Waals surface area contributed by atoms with Gasteiger partial charge in [-0.05, 0) is 20.3 Å². The molecule has 2 unspecified atom stereocenters. The third-order valence-electron chi connectivity index (χ3n) is 1.37. The molecular weight excluding hydrogens is 114 g/mol. The zero-order valence-corrected chi connectivity index (χ0v) is 6.55. The third kappa shape index (κ3) is 3.49. The van der Waals surface area contributed by atoms with Gasteiger partial charge in [0.05, 0.1) is 6.10 Å². The lowest BCUT2D eigenvalue weighted by Gasteiger charge is -2.18. The lowest BCUT2D eigenvalue weighted by atomic mass is 10.1. The van der Waals surface area contributed by atoms with Gasteiger partial charge in [-0.3, -0.25) is 0 Å². The van der Waals surface area contributed by atoms with Crippen LogP contribution in [0.2, 0.25) is 0 Å². The van der Waals surface area contributed by atoms with E-state index in [2.05, 4.69) is 6.92 Å². The molecule has 2 atom stereocenters. The van der Waals surface area contributed by atoms with Crippen molar-refractivity contribution in [3.05, 3.63) is 0 Å². The van der Waals surface area contributed by atoms with Gasteiger partial charge in [0, 0.05) is 12.6 Å². The molecule has 0 aliphatic rings. The Balaban J connectivity index is 3.41. The van der Waals surface area contributed by atoms with Crippen molar-refractivity contribution < 1.29 is 4.74 Å². The first-order valence-corrected chi connectivity index (χ1v) is 3.59. The standard InChI is InChI=1S/C7H17NO/c1-4-7(6(3)8)9-5-2/h6-7H,4-5,8H2,1-3H3. The van der Waals surface area contributed by atoms with E-state index in [-0.39, 0.29) is 12.1 Å². The summed E-state index contributed by atoms with van der Waals surface area (Å²) >= 11 is 0. The monoisotopic (exact) mass is 131 g/mol. The minimum Gasteiger partial charge on any atom is -0.377 e. The van der Waals surface area contributed by atoms with Crippen LogP contribution in [0, 0.1) is 0 Å². The van der Waals surface area contributed by atoms with Crippen LogP contribution < -0.4 is 5.73 Å².